The SMILES string of the molecule is FC(F)c1nc(N2CCN(Cc3ccc(Cl)cc3)CC2)c2ccccc2n1. The molecule has 1 aromatic heterocycles. The first-order valence-corrected chi connectivity index (χ1v) is 9.24. The summed E-state index contributed by atoms with van der Waals surface area (Å²) in [6.45, 7) is 3.99. The number of alkyl halides is 2. The van der Waals surface area contributed by atoms with E-state index in [1.165, 1.54) is 5.56 Å². The molecule has 4 nitrogen and oxygen atoms in total. The van der Waals surface area contributed by atoms with E-state index in [2.05, 4.69) is 19.8 Å². The molecule has 0 atom stereocenters. The summed E-state index contributed by atoms with van der Waals surface area (Å²) in [4.78, 5) is 12.6. The summed E-state index contributed by atoms with van der Waals surface area (Å²) in [6, 6.07) is 15.2. The molecule has 0 amide bonds. The summed E-state index contributed by atoms with van der Waals surface area (Å²) in [5.41, 5.74) is 1.77. The van der Waals surface area contributed by atoms with E-state index < -0.39 is 12.2 Å². The average Bonchev–Trinajstić information content (AvgIpc) is 2.69. The van der Waals surface area contributed by atoms with Crippen molar-refractivity contribution in [3.8, 4) is 0 Å². The topological polar surface area (TPSA) is 32.3 Å². The smallest absolute Gasteiger partial charge is 0.297 e. The van der Waals surface area contributed by atoms with Gasteiger partial charge in [-0.05, 0) is 29.8 Å². The average molecular weight is 389 g/mol. The third-order valence-electron chi connectivity index (χ3n) is 4.79. The molecule has 7 heteroatoms. The fourth-order valence-corrected chi connectivity index (χ4v) is 3.51. The van der Waals surface area contributed by atoms with Crippen LogP contribution in [0.4, 0.5) is 14.6 Å². The first kappa shape index (κ1) is 18.1. The summed E-state index contributed by atoms with van der Waals surface area (Å²) in [6.07, 6.45) is -2.68. The zero-order valence-electron chi connectivity index (χ0n) is 14.7. The standard InChI is InChI=1S/C20H19ClF2N4/c21-15-7-5-14(6-8-15)13-26-9-11-27(12-10-26)20-16-3-1-2-4-17(16)24-19(25-20)18(22)23/h1-8,18H,9-13H2. The van der Waals surface area contributed by atoms with Crippen molar-refractivity contribution in [2.75, 3.05) is 31.1 Å². The Balaban J connectivity index is 1.51. The molecule has 140 valence electrons. The Bertz CT molecular complexity index is 925. The quantitative estimate of drug-likeness (QED) is 0.656. The van der Waals surface area contributed by atoms with Crippen LogP contribution in [0.3, 0.4) is 0 Å². The van der Waals surface area contributed by atoms with Crippen LogP contribution in [-0.4, -0.2) is 41.0 Å². The largest absolute Gasteiger partial charge is 0.353 e. The highest BCUT2D eigenvalue weighted by Gasteiger charge is 2.22. The second kappa shape index (κ2) is 7.74. The predicted molar refractivity (Wildman–Crippen MR) is 103 cm³/mol. The number of piperazine rings is 1. The summed E-state index contributed by atoms with van der Waals surface area (Å²) >= 11 is 5.94. The minimum absolute atomic E-state index is 0.410. The molecule has 27 heavy (non-hydrogen) atoms. The molecule has 0 N–H and O–H groups in total. The molecule has 2 aromatic carbocycles. The van der Waals surface area contributed by atoms with Crippen LogP contribution >= 0.6 is 11.6 Å². The van der Waals surface area contributed by atoms with E-state index in [1.807, 2.05) is 36.4 Å². The number of fused-ring (bicyclic) bond motifs is 1. The maximum atomic E-state index is 13.2. The van der Waals surface area contributed by atoms with E-state index in [0.29, 0.717) is 11.3 Å². The highest BCUT2D eigenvalue weighted by Crippen LogP contribution is 2.28. The van der Waals surface area contributed by atoms with E-state index in [1.54, 1.807) is 12.1 Å². The number of benzene rings is 2. The van der Waals surface area contributed by atoms with Gasteiger partial charge in [-0.3, -0.25) is 4.90 Å². The van der Waals surface area contributed by atoms with E-state index in [4.69, 9.17) is 11.6 Å². The van der Waals surface area contributed by atoms with Crippen LogP contribution in [-0.2, 0) is 6.54 Å². The van der Waals surface area contributed by atoms with E-state index in [-0.39, 0.29) is 0 Å². The number of anilines is 1. The van der Waals surface area contributed by atoms with Crippen molar-refractivity contribution in [1.82, 2.24) is 14.9 Å². The lowest BCUT2D eigenvalue weighted by Gasteiger charge is -2.36. The van der Waals surface area contributed by atoms with Crippen molar-refractivity contribution in [3.63, 3.8) is 0 Å². The van der Waals surface area contributed by atoms with Crippen molar-refractivity contribution in [2.24, 2.45) is 0 Å². The molecule has 1 saturated heterocycles. The van der Waals surface area contributed by atoms with E-state index in [9.17, 15) is 8.78 Å². The summed E-state index contributed by atoms with van der Waals surface area (Å²) in [5, 5.41) is 1.54. The molecule has 0 radical (unpaired) electrons. The summed E-state index contributed by atoms with van der Waals surface area (Å²) in [7, 11) is 0. The number of aromatic nitrogens is 2. The number of hydrogen-bond donors (Lipinski definition) is 0. The molecule has 1 fully saturated rings. The molecular weight excluding hydrogens is 370 g/mol. The van der Waals surface area contributed by atoms with Gasteiger partial charge in [0.2, 0.25) is 0 Å². The van der Waals surface area contributed by atoms with Gasteiger partial charge in [-0.15, -0.1) is 0 Å². The Morgan fingerprint density at radius 2 is 1.63 bits per heavy atom. The number of nitrogens with zero attached hydrogens (tertiary/aromatic N) is 4. The first-order chi connectivity index (χ1) is 13.1. The highest BCUT2D eigenvalue weighted by atomic mass is 35.5. The zero-order valence-corrected chi connectivity index (χ0v) is 15.4. The van der Waals surface area contributed by atoms with Crippen LogP contribution in [0.25, 0.3) is 10.9 Å². The molecule has 1 aliphatic heterocycles. The second-order valence-electron chi connectivity index (χ2n) is 6.61. The zero-order chi connectivity index (χ0) is 18.8. The lowest BCUT2D eigenvalue weighted by atomic mass is 10.2. The van der Waals surface area contributed by atoms with Crippen LogP contribution in [0.1, 0.15) is 17.8 Å². The summed E-state index contributed by atoms with van der Waals surface area (Å²) in [5.74, 6) is 0.189. The molecular formula is C20H19ClF2N4. The maximum Gasteiger partial charge on any atom is 0.297 e. The number of halogens is 3. The van der Waals surface area contributed by atoms with Gasteiger partial charge >= 0.3 is 0 Å². The van der Waals surface area contributed by atoms with Crippen LogP contribution in [0, 0.1) is 0 Å². The van der Waals surface area contributed by atoms with Crippen molar-refractivity contribution in [1.29, 1.82) is 0 Å². The van der Waals surface area contributed by atoms with Crippen LogP contribution in [0.2, 0.25) is 5.02 Å². The molecule has 1 aliphatic rings. The lowest BCUT2D eigenvalue weighted by Crippen LogP contribution is -2.46. The van der Waals surface area contributed by atoms with Crippen LogP contribution in [0.15, 0.2) is 48.5 Å². The van der Waals surface area contributed by atoms with Gasteiger partial charge in [0.05, 0.1) is 5.52 Å². The minimum Gasteiger partial charge on any atom is -0.353 e. The van der Waals surface area contributed by atoms with Gasteiger partial charge in [0.15, 0.2) is 5.82 Å². The Hall–Kier alpha value is -2.31. The minimum atomic E-state index is -2.68. The van der Waals surface area contributed by atoms with E-state index in [0.717, 1.165) is 43.1 Å². The predicted octanol–water partition coefficient (Wildman–Crippen LogP) is 4.54. The number of para-hydroxylation sites is 1. The summed E-state index contributed by atoms with van der Waals surface area (Å²) < 4.78 is 26.4. The van der Waals surface area contributed by atoms with E-state index >= 15 is 0 Å². The van der Waals surface area contributed by atoms with Gasteiger partial charge in [-0.2, -0.15) is 0 Å². The highest BCUT2D eigenvalue weighted by molar-refractivity contribution is 6.30. The molecule has 0 unspecified atom stereocenters. The van der Waals surface area contributed by atoms with Gasteiger partial charge in [-0.1, -0.05) is 35.9 Å². The Morgan fingerprint density at radius 1 is 0.926 bits per heavy atom. The van der Waals surface area contributed by atoms with Gasteiger partial charge in [0.1, 0.15) is 5.82 Å². The first-order valence-electron chi connectivity index (χ1n) is 8.87. The molecule has 0 bridgehead atoms. The molecule has 0 aliphatic carbocycles. The Morgan fingerprint density at radius 3 is 2.33 bits per heavy atom. The third-order valence-corrected chi connectivity index (χ3v) is 5.04. The van der Waals surface area contributed by atoms with Crippen molar-refractivity contribution in [2.45, 2.75) is 13.0 Å². The lowest BCUT2D eigenvalue weighted by molar-refractivity contribution is 0.141. The monoisotopic (exact) mass is 388 g/mol. The third kappa shape index (κ3) is 4.01. The molecule has 2 heterocycles. The molecule has 0 saturated carbocycles. The fourth-order valence-electron chi connectivity index (χ4n) is 3.38. The Labute approximate surface area is 161 Å². The fraction of sp³-hybridized carbons (Fsp3) is 0.300. The van der Waals surface area contributed by atoms with Gasteiger partial charge in [0, 0.05) is 43.1 Å². The van der Waals surface area contributed by atoms with Gasteiger partial charge < -0.3 is 4.90 Å². The molecule has 4 rings (SSSR count). The molecule has 0 spiro atoms. The van der Waals surface area contributed by atoms with Crippen LogP contribution in [0.5, 0.6) is 0 Å². The number of rotatable bonds is 4. The van der Waals surface area contributed by atoms with Crippen molar-refractivity contribution in [3.05, 3.63) is 64.9 Å². The van der Waals surface area contributed by atoms with Crippen LogP contribution < -0.4 is 4.90 Å². The Kier molecular flexibility index (Phi) is 5.18. The van der Waals surface area contributed by atoms with Gasteiger partial charge in [0.25, 0.3) is 6.43 Å². The maximum absolute atomic E-state index is 13.2. The van der Waals surface area contributed by atoms with Crippen molar-refractivity contribution >= 4 is 28.3 Å². The molecule has 3 aromatic rings. The number of hydrogen-bond acceptors (Lipinski definition) is 4. The second-order valence-corrected chi connectivity index (χ2v) is 7.05. The normalized spacial score (nSPS) is 15.6. The van der Waals surface area contributed by atoms with Crippen molar-refractivity contribution < 1.29 is 8.78 Å². The van der Waals surface area contributed by atoms with Gasteiger partial charge in [-0.25, -0.2) is 18.7 Å².